The number of carbonyl (C=O) groups is 2. The summed E-state index contributed by atoms with van der Waals surface area (Å²) in [6.45, 7) is 1.80. The van der Waals surface area contributed by atoms with Gasteiger partial charge >= 0.3 is 0 Å². The SMILES string of the molecule is Cc1cccc2c1NC(=O)[C@@]2(O)CC(=O)c1ccccc1F. The van der Waals surface area contributed by atoms with E-state index in [-0.39, 0.29) is 5.56 Å². The van der Waals surface area contributed by atoms with Crippen molar-refractivity contribution in [2.75, 3.05) is 5.32 Å². The van der Waals surface area contributed by atoms with E-state index in [4.69, 9.17) is 0 Å². The highest BCUT2D eigenvalue weighted by Crippen LogP contribution is 2.40. The zero-order valence-corrected chi connectivity index (χ0v) is 11.9. The van der Waals surface area contributed by atoms with Crippen LogP contribution in [0.2, 0.25) is 0 Å². The van der Waals surface area contributed by atoms with Crippen LogP contribution >= 0.6 is 0 Å². The summed E-state index contributed by atoms with van der Waals surface area (Å²) in [6.07, 6.45) is -0.504. The van der Waals surface area contributed by atoms with E-state index >= 15 is 0 Å². The summed E-state index contributed by atoms with van der Waals surface area (Å²) in [5.41, 5.74) is -0.454. The number of amides is 1. The first-order valence-corrected chi connectivity index (χ1v) is 6.85. The summed E-state index contributed by atoms with van der Waals surface area (Å²) in [5, 5.41) is 13.3. The van der Waals surface area contributed by atoms with Crippen LogP contribution in [0.3, 0.4) is 0 Å². The van der Waals surface area contributed by atoms with Crippen LogP contribution in [0.5, 0.6) is 0 Å². The molecule has 4 nitrogen and oxygen atoms in total. The molecule has 0 fully saturated rings. The van der Waals surface area contributed by atoms with Gasteiger partial charge in [-0.05, 0) is 24.6 Å². The van der Waals surface area contributed by atoms with Crippen LogP contribution in [0, 0.1) is 12.7 Å². The molecule has 1 atom stereocenters. The molecule has 0 bridgehead atoms. The van der Waals surface area contributed by atoms with Gasteiger partial charge in [0.15, 0.2) is 11.4 Å². The second kappa shape index (κ2) is 5.03. The maximum Gasteiger partial charge on any atom is 0.261 e. The van der Waals surface area contributed by atoms with Crippen molar-refractivity contribution in [1.82, 2.24) is 0 Å². The fraction of sp³-hybridized carbons (Fsp3) is 0.176. The number of halogens is 1. The van der Waals surface area contributed by atoms with Gasteiger partial charge in [0.2, 0.25) is 0 Å². The van der Waals surface area contributed by atoms with E-state index in [0.717, 1.165) is 5.56 Å². The molecule has 2 aromatic carbocycles. The quantitative estimate of drug-likeness (QED) is 0.856. The average molecular weight is 299 g/mol. The molecule has 1 heterocycles. The lowest BCUT2D eigenvalue weighted by Crippen LogP contribution is -2.36. The van der Waals surface area contributed by atoms with Crippen molar-refractivity contribution >= 4 is 17.4 Å². The van der Waals surface area contributed by atoms with Crippen molar-refractivity contribution in [2.45, 2.75) is 18.9 Å². The lowest BCUT2D eigenvalue weighted by atomic mass is 9.87. The third kappa shape index (κ3) is 2.10. The molecule has 5 heteroatoms. The van der Waals surface area contributed by atoms with E-state index in [1.165, 1.54) is 24.3 Å². The number of rotatable bonds is 3. The topological polar surface area (TPSA) is 66.4 Å². The molecular weight excluding hydrogens is 285 g/mol. The summed E-state index contributed by atoms with van der Waals surface area (Å²) in [5.74, 6) is -1.95. The Balaban J connectivity index is 1.99. The number of ketones is 1. The average Bonchev–Trinajstić information content (AvgIpc) is 2.73. The molecule has 0 saturated carbocycles. The van der Waals surface area contributed by atoms with Crippen molar-refractivity contribution in [3.8, 4) is 0 Å². The first-order valence-electron chi connectivity index (χ1n) is 6.85. The standard InChI is InChI=1S/C17H14FNO3/c1-10-5-4-7-12-15(10)19-16(21)17(12,22)9-14(20)11-6-2-3-8-13(11)18/h2-8,22H,9H2,1H3,(H,19,21)/t17-/m1/s1. The van der Waals surface area contributed by atoms with E-state index < -0.39 is 29.5 Å². The van der Waals surface area contributed by atoms with Crippen LogP contribution in [0.1, 0.15) is 27.9 Å². The second-order valence-corrected chi connectivity index (χ2v) is 5.39. The van der Waals surface area contributed by atoms with E-state index in [0.29, 0.717) is 11.3 Å². The Hall–Kier alpha value is -2.53. The van der Waals surface area contributed by atoms with Gasteiger partial charge < -0.3 is 10.4 Å². The van der Waals surface area contributed by atoms with Crippen LogP contribution in [-0.4, -0.2) is 16.8 Å². The number of aliphatic hydroxyl groups is 1. The minimum Gasteiger partial charge on any atom is -0.375 e. The van der Waals surface area contributed by atoms with E-state index in [1.807, 2.05) is 0 Å². The van der Waals surface area contributed by atoms with Crippen LogP contribution in [0.4, 0.5) is 10.1 Å². The number of fused-ring (bicyclic) bond motifs is 1. The maximum atomic E-state index is 13.7. The number of nitrogens with one attached hydrogen (secondary N) is 1. The third-order valence-electron chi connectivity index (χ3n) is 3.92. The Bertz CT molecular complexity index is 787. The number of aryl methyl sites for hydroxylation is 1. The number of anilines is 1. The van der Waals surface area contributed by atoms with Gasteiger partial charge in [-0.2, -0.15) is 0 Å². The van der Waals surface area contributed by atoms with Crippen molar-refractivity contribution in [1.29, 1.82) is 0 Å². The van der Waals surface area contributed by atoms with Gasteiger partial charge in [-0.15, -0.1) is 0 Å². The Morgan fingerprint density at radius 2 is 1.95 bits per heavy atom. The number of carbonyl (C=O) groups excluding carboxylic acids is 2. The predicted molar refractivity (Wildman–Crippen MR) is 79.1 cm³/mol. The summed E-state index contributed by atoms with van der Waals surface area (Å²) in [4.78, 5) is 24.4. The molecule has 22 heavy (non-hydrogen) atoms. The molecule has 0 aliphatic carbocycles. The van der Waals surface area contributed by atoms with Crippen molar-refractivity contribution < 1.29 is 19.1 Å². The molecule has 2 N–H and O–H groups in total. The van der Waals surface area contributed by atoms with Crippen LogP contribution in [-0.2, 0) is 10.4 Å². The number of hydrogen-bond acceptors (Lipinski definition) is 3. The van der Waals surface area contributed by atoms with Gasteiger partial charge in [0.1, 0.15) is 5.82 Å². The maximum absolute atomic E-state index is 13.7. The van der Waals surface area contributed by atoms with Crippen LogP contribution < -0.4 is 5.32 Å². The smallest absolute Gasteiger partial charge is 0.261 e. The number of benzene rings is 2. The number of hydrogen-bond donors (Lipinski definition) is 2. The van der Waals surface area contributed by atoms with Gasteiger partial charge in [0, 0.05) is 5.56 Å². The molecule has 0 saturated heterocycles. The highest BCUT2D eigenvalue weighted by atomic mass is 19.1. The summed E-state index contributed by atoms with van der Waals surface area (Å²) in [6, 6.07) is 10.6. The lowest BCUT2D eigenvalue weighted by Gasteiger charge is -2.20. The van der Waals surface area contributed by atoms with Crippen LogP contribution in [0.15, 0.2) is 42.5 Å². The van der Waals surface area contributed by atoms with E-state index in [1.54, 1.807) is 25.1 Å². The van der Waals surface area contributed by atoms with Crippen molar-refractivity contribution in [2.24, 2.45) is 0 Å². The summed E-state index contributed by atoms with van der Waals surface area (Å²) < 4.78 is 13.7. The Morgan fingerprint density at radius 1 is 1.23 bits per heavy atom. The number of Topliss-reactive ketones (excluding diaryl/α,β-unsaturated/α-hetero) is 1. The molecular formula is C17H14FNO3. The molecule has 0 unspecified atom stereocenters. The fourth-order valence-corrected chi connectivity index (χ4v) is 2.71. The minimum atomic E-state index is -1.97. The Morgan fingerprint density at radius 3 is 2.68 bits per heavy atom. The van der Waals surface area contributed by atoms with Gasteiger partial charge in [0.05, 0.1) is 17.7 Å². The second-order valence-electron chi connectivity index (χ2n) is 5.39. The van der Waals surface area contributed by atoms with Gasteiger partial charge in [0.25, 0.3) is 5.91 Å². The molecule has 0 spiro atoms. The van der Waals surface area contributed by atoms with Gasteiger partial charge in [-0.3, -0.25) is 9.59 Å². The normalized spacial score (nSPS) is 19.7. The molecule has 1 amide bonds. The zero-order valence-electron chi connectivity index (χ0n) is 11.9. The van der Waals surface area contributed by atoms with E-state index in [2.05, 4.69) is 5.32 Å². The predicted octanol–water partition coefficient (Wildman–Crippen LogP) is 2.55. The fourth-order valence-electron chi connectivity index (χ4n) is 2.71. The first kappa shape index (κ1) is 14.4. The Kier molecular flexibility index (Phi) is 3.30. The molecule has 0 aromatic heterocycles. The summed E-state index contributed by atoms with van der Waals surface area (Å²) >= 11 is 0. The molecule has 2 aromatic rings. The van der Waals surface area contributed by atoms with Crippen LogP contribution in [0.25, 0.3) is 0 Å². The third-order valence-corrected chi connectivity index (χ3v) is 3.92. The first-order chi connectivity index (χ1) is 10.4. The highest BCUT2D eigenvalue weighted by molar-refractivity contribution is 6.09. The lowest BCUT2D eigenvalue weighted by molar-refractivity contribution is -0.133. The molecule has 112 valence electrons. The summed E-state index contributed by atoms with van der Waals surface area (Å²) in [7, 11) is 0. The largest absolute Gasteiger partial charge is 0.375 e. The molecule has 1 aliphatic heterocycles. The monoisotopic (exact) mass is 299 g/mol. The van der Waals surface area contributed by atoms with E-state index in [9.17, 15) is 19.1 Å². The molecule has 0 radical (unpaired) electrons. The highest BCUT2D eigenvalue weighted by Gasteiger charge is 2.47. The van der Waals surface area contributed by atoms with Gasteiger partial charge in [-0.1, -0.05) is 30.3 Å². The zero-order chi connectivity index (χ0) is 15.9. The van der Waals surface area contributed by atoms with Gasteiger partial charge in [-0.25, -0.2) is 4.39 Å². The Labute approximate surface area is 126 Å². The molecule has 1 aliphatic rings. The molecule has 3 rings (SSSR count). The van der Waals surface area contributed by atoms with Crippen molar-refractivity contribution in [3.05, 3.63) is 65.0 Å². The van der Waals surface area contributed by atoms with Crippen molar-refractivity contribution in [3.63, 3.8) is 0 Å². The minimum absolute atomic E-state index is 0.134. The number of para-hydroxylation sites is 1.